The molecule has 5 rings (SSSR count). The van der Waals surface area contributed by atoms with E-state index in [0.717, 1.165) is 47.6 Å². The number of aromatic nitrogens is 4. The predicted molar refractivity (Wildman–Crippen MR) is 132 cm³/mol. The van der Waals surface area contributed by atoms with Crippen LogP contribution in [-0.4, -0.2) is 76.9 Å². The average Bonchev–Trinajstić information content (AvgIpc) is 3.54. The van der Waals surface area contributed by atoms with Crippen LogP contribution in [0, 0.1) is 6.92 Å². The Labute approximate surface area is 200 Å². The molecule has 0 atom stereocenters. The van der Waals surface area contributed by atoms with E-state index in [2.05, 4.69) is 25.9 Å². The Morgan fingerprint density at radius 1 is 0.941 bits per heavy atom. The third-order valence-electron chi connectivity index (χ3n) is 6.57. The monoisotopic (exact) mass is 461 g/mol. The Hall–Kier alpha value is -3.62. The summed E-state index contributed by atoms with van der Waals surface area (Å²) < 4.78 is 6.98. The van der Waals surface area contributed by atoms with Gasteiger partial charge in [0.05, 0.1) is 12.8 Å². The lowest BCUT2D eigenvalue weighted by Crippen LogP contribution is -2.49. The fourth-order valence-corrected chi connectivity index (χ4v) is 4.65. The van der Waals surface area contributed by atoms with Crippen molar-refractivity contribution in [1.29, 1.82) is 0 Å². The second-order valence-corrected chi connectivity index (χ2v) is 8.91. The first kappa shape index (κ1) is 22.2. The van der Waals surface area contributed by atoms with Gasteiger partial charge in [-0.15, -0.1) is 0 Å². The molecule has 1 aromatic carbocycles. The van der Waals surface area contributed by atoms with Gasteiger partial charge in [0, 0.05) is 63.6 Å². The van der Waals surface area contributed by atoms with Gasteiger partial charge in [-0.05, 0) is 38.0 Å². The molecule has 178 valence electrons. The number of benzene rings is 1. The van der Waals surface area contributed by atoms with Crippen LogP contribution in [0.5, 0.6) is 5.75 Å². The Balaban J connectivity index is 1.27. The first-order valence-corrected chi connectivity index (χ1v) is 11.8. The molecule has 2 aliphatic rings. The van der Waals surface area contributed by atoms with Gasteiger partial charge in [0.2, 0.25) is 5.95 Å². The van der Waals surface area contributed by atoms with E-state index in [9.17, 15) is 4.79 Å². The molecule has 9 nitrogen and oxygen atoms in total. The standard InChI is InChI=1S/C25H31N7O2/c1-18-15-23(30-9-4-5-10-30)27-25(26-18)32-13-11-31(12-14-32)24(33)22-17-21(28-29(22)2)19-7-6-8-20(16-19)34-3/h6-8,15-17H,4-5,9-14H2,1-3H3. The van der Waals surface area contributed by atoms with E-state index in [0.29, 0.717) is 31.9 Å². The highest BCUT2D eigenvalue weighted by molar-refractivity contribution is 5.94. The molecule has 0 unspecified atom stereocenters. The third kappa shape index (κ3) is 4.42. The van der Waals surface area contributed by atoms with Crippen LogP contribution in [0.3, 0.4) is 0 Å². The summed E-state index contributed by atoms with van der Waals surface area (Å²) in [5.74, 6) is 2.53. The molecule has 2 aliphatic heterocycles. The summed E-state index contributed by atoms with van der Waals surface area (Å²) in [4.78, 5) is 29.2. The number of aryl methyl sites for hydroxylation is 2. The lowest BCUT2D eigenvalue weighted by molar-refractivity contribution is 0.0735. The van der Waals surface area contributed by atoms with Crippen molar-refractivity contribution in [2.45, 2.75) is 19.8 Å². The summed E-state index contributed by atoms with van der Waals surface area (Å²) in [6, 6.07) is 11.6. The molecule has 0 aliphatic carbocycles. The highest BCUT2D eigenvalue weighted by Gasteiger charge is 2.27. The van der Waals surface area contributed by atoms with Gasteiger partial charge in [-0.1, -0.05) is 12.1 Å². The van der Waals surface area contributed by atoms with Crippen molar-refractivity contribution in [2.24, 2.45) is 7.05 Å². The van der Waals surface area contributed by atoms with Gasteiger partial charge in [0.1, 0.15) is 17.3 Å². The van der Waals surface area contributed by atoms with E-state index in [1.807, 2.05) is 49.2 Å². The van der Waals surface area contributed by atoms with Crippen molar-refractivity contribution >= 4 is 17.7 Å². The zero-order valence-corrected chi connectivity index (χ0v) is 20.1. The molecule has 9 heteroatoms. The van der Waals surface area contributed by atoms with E-state index in [4.69, 9.17) is 9.72 Å². The molecular formula is C25H31N7O2. The second-order valence-electron chi connectivity index (χ2n) is 8.91. The van der Waals surface area contributed by atoms with Gasteiger partial charge < -0.3 is 19.4 Å². The molecule has 4 heterocycles. The number of hydrogen-bond donors (Lipinski definition) is 0. The van der Waals surface area contributed by atoms with E-state index < -0.39 is 0 Å². The molecule has 0 saturated carbocycles. The van der Waals surface area contributed by atoms with Crippen LogP contribution in [0.25, 0.3) is 11.3 Å². The molecule has 2 fully saturated rings. The molecule has 0 bridgehead atoms. The fourth-order valence-electron chi connectivity index (χ4n) is 4.65. The maximum Gasteiger partial charge on any atom is 0.272 e. The Morgan fingerprint density at radius 3 is 2.44 bits per heavy atom. The van der Waals surface area contributed by atoms with Gasteiger partial charge in [0.25, 0.3) is 5.91 Å². The van der Waals surface area contributed by atoms with Gasteiger partial charge in [-0.2, -0.15) is 10.1 Å². The summed E-state index contributed by atoms with van der Waals surface area (Å²) in [5.41, 5.74) is 3.23. The summed E-state index contributed by atoms with van der Waals surface area (Å²) in [7, 11) is 3.45. The van der Waals surface area contributed by atoms with Gasteiger partial charge in [0.15, 0.2) is 0 Å². The molecule has 0 N–H and O–H groups in total. The summed E-state index contributed by atoms with van der Waals surface area (Å²) in [6.45, 7) is 6.78. The summed E-state index contributed by atoms with van der Waals surface area (Å²) in [6.07, 6.45) is 2.43. The maximum absolute atomic E-state index is 13.3. The van der Waals surface area contributed by atoms with Crippen molar-refractivity contribution in [3.05, 3.63) is 47.8 Å². The lowest BCUT2D eigenvalue weighted by atomic mass is 10.1. The average molecular weight is 462 g/mol. The van der Waals surface area contributed by atoms with Crippen LogP contribution in [0.1, 0.15) is 29.0 Å². The number of rotatable bonds is 5. The Morgan fingerprint density at radius 2 is 1.71 bits per heavy atom. The minimum atomic E-state index is -0.00767. The molecule has 2 saturated heterocycles. The van der Waals surface area contributed by atoms with Crippen molar-refractivity contribution in [1.82, 2.24) is 24.6 Å². The Kier molecular flexibility index (Phi) is 6.08. The maximum atomic E-state index is 13.3. The van der Waals surface area contributed by atoms with Crippen LogP contribution in [0.4, 0.5) is 11.8 Å². The van der Waals surface area contributed by atoms with E-state index in [-0.39, 0.29) is 5.91 Å². The zero-order chi connectivity index (χ0) is 23.7. The first-order valence-electron chi connectivity index (χ1n) is 11.8. The molecule has 0 spiro atoms. The van der Waals surface area contributed by atoms with Gasteiger partial charge in [-0.25, -0.2) is 4.98 Å². The Bertz CT molecular complexity index is 1180. The molecule has 34 heavy (non-hydrogen) atoms. The SMILES string of the molecule is COc1cccc(-c2cc(C(=O)N3CCN(c4nc(C)cc(N5CCCC5)n4)CC3)n(C)n2)c1. The van der Waals surface area contributed by atoms with Crippen LogP contribution in [-0.2, 0) is 7.05 Å². The van der Waals surface area contributed by atoms with Crippen LogP contribution in [0.15, 0.2) is 36.4 Å². The smallest absolute Gasteiger partial charge is 0.272 e. The normalized spacial score (nSPS) is 16.3. The highest BCUT2D eigenvalue weighted by Crippen LogP contribution is 2.25. The highest BCUT2D eigenvalue weighted by atomic mass is 16.5. The molecule has 3 aromatic rings. The lowest BCUT2D eigenvalue weighted by Gasteiger charge is -2.35. The van der Waals surface area contributed by atoms with Crippen molar-refractivity contribution in [3.8, 4) is 17.0 Å². The minimum Gasteiger partial charge on any atom is -0.497 e. The van der Waals surface area contributed by atoms with Crippen molar-refractivity contribution in [3.63, 3.8) is 0 Å². The molecule has 0 radical (unpaired) electrons. The molecular weight excluding hydrogens is 430 g/mol. The minimum absolute atomic E-state index is 0.00767. The first-order chi connectivity index (χ1) is 16.5. The van der Waals surface area contributed by atoms with E-state index in [1.54, 1.807) is 11.8 Å². The summed E-state index contributed by atoms with van der Waals surface area (Å²) in [5, 5.41) is 4.57. The second kappa shape index (κ2) is 9.32. The zero-order valence-electron chi connectivity index (χ0n) is 20.1. The number of piperazine rings is 1. The number of carbonyl (C=O) groups excluding carboxylic acids is 1. The number of ether oxygens (including phenoxy) is 1. The number of nitrogens with zero attached hydrogens (tertiary/aromatic N) is 7. The van der Waals surface area contributed by atoms with Crippen LogP contribution < -0.4 is 14.5 Å². The summed E-state index contributed by atoms with van der Waals surface area (Å²) >= 11 is 0. The quantitative estimate of drug-likeness (QED) is 0.578. The number of hydrogen-bond acceptors (Lipinski definition) is 7. The number of amides is 1. The van der Waals surface area contributed by atoms with Gasteiger partial charge in [-0.3, -0.25) is 9.48 Å². The largest absolute Gasteiger partial charge is 0.497 e. The van der Waals surface area contributed by atoms with Gasteiger partial charge >= 0.3 is 0 Å². The van der Waals surface area contributed by atoms with E-state index in [1.165, 1.54) is 12.8 Å². The molecule has 1 amide bonds. The molecule has 2 aromatic heterocycles. The third-order valence-corrected chi connectivity index (χ3v) is 6.57. The van der Waals surface area contributed by atoms with E-state index >= 15 is 0 Å². The number of methoxy groups -OCH3 is 1. The van der Waals surface area contributed by atoms with Crippen LogP contribution >= 0.6 is 0 Å². The van der Waals surface area contributed by atoms with Crippen LogP contribution in [0.2, 0.25) is 0 Å². The topological polar surface area (TPSA) is 79.6 Å². The van der Waals surface area contributed by atoms with Crippen molar-refractivity contribution < 1.29 is 9.53 Å². The number of anilines is 2. The number of carbonyl (C=O) groups is 1. The fraction of sp³-hybridized carbons (Fsp3) is 0.440. The van der Waals surface area contributed by atoms with Crippen molar-refractivity contribution in [2.75, 3.05) is 56.2 Å². The predicted octanol–water partition coefficient (Wildman–Crippen LogP) is 2.76.